The van der Waals surface area contributed by atoms with E-state index in [9.17, 15) is 14.0 Å². The van der Waals surface area contributed by atoms with E-state index < -0.39 is 11.4 Å². The van der Waals surface area contributed by atoms with Crippen LogP contribution in [0.4, 0.5) is 4.39 Å². The maximum absolute atomic E-state index is 14.2. The van der Waals surface area contributed by atoms with Gasteiger partial charge in [0.1, 0.15) is 17.7 Å². The van der Waals surface area contributed by atoms with E-state index in [1.165, 1.54) is 21.9 Å². The van der Waals surface area contributed by atoms with Gasteiger partial charge in [0.25, 0.3) is 0 Å². The van der Waals surface area contributed by atoms with Crippen LogP contribution in [0.3, 0.4) is 0 Å². The fourth-order valence-corrected chi connectivity index (χ4v) is 5.33. The molecular formula is C23H22ClFN4O2S. The SMILES string of the molecule is CN(C(=O)CSc1nncn1-c1ccccc1F)C1(c2ccccc2Cl)CCCCC1=O. The molecule has 0 N–H and O–H groups in total. The highest BCUT2D eigenvalue weighted by Crippen LogP contribution is 2.42. The van der Waals surface area contributed by atoms with Crippen LogP contribution in [-0.2, 0) is 15.1 Å². The summed E-state index contributed by atoms with van der Waals surface area (Å²) in [5, 5.41) is 8.75. The molecule has 166 valence electrons. The summed E-state index contributed by atoms with van der Waals surface area (Å²) >= 11 is 7.61. The number of carbonyl (C=O) groups excluding carboxylic acids is 2. The fraction of sp³-hybridized carbons (Fsp3) is 0.304. The molecule has 9 heteroatoms. The molecule has 0 saturated heterocycles. The van der Waals surface area contributed by atoms with Crippen LogP contribution in [0.25, 0.3) is 5.69 Å². The van der Waals surface area contributed by atoms with Crippen molar-refractivity contribution in [2.24, 2.45) is 0 Å². The Hall–Kier alpha value is -2.71. The third-order valence-electron chi connectivity index (χ3n) is 5.87. The topological polar surface area (TPSA) is 68.1 Å². The van der Waals surface area contributed by atoms with Gasteiger partial charge in [-0.25, -0.2) is 4.39 Å². The highest BCUT2D eigenvalue weighted by atomic mass is 35.5. The molecule has 6 nitrogen and oxygen atoms in total. The molecule has 32 heavy (non-hydrogen) atoms. The van der Waals surface area contributed by atoms with Gasteiger partial charge in [0.2, 0.25) is 5.91 Å². The smallest absolute Gasteiger partial charge is 0.233 e. The Bertz CT molecular complexity index is 1150. The predicted molar refractivity (Wildman–Crippen MR) is 121 cm³/mol. The number of para-hydroxylation sites is 1. The normalized spacial score (nSPS) is 18.5. The standard InChI is InChI=1S/C23H22ClFN4O2S/c1-28(23(13-7-6-12-20(23)30)16-8-2-3-9-17(16)24)21(31)14-32-22-27-26-15-29(22)19-11-5-4-10-18(19)25/h2-5,8-11,15H,6-7,12-14H2,1H3. The van der Waals surface area contributed by atoms with Gasteiger partial charge in [0.05, 0.1) is 11.4 Å². The summed E-state index contributed by atoms with van der Waals surface area (Å²) in [5.74, 6) is -0.646. The monoisotopic (exact) mass is 472 g/mol. The molecule has 0 bridgehead atoms. The van der Waals surface area contributed by atoms with Crippen molar-refractivity contribution in [2.45, 2.75) is 36.4 Å². The van der Waals surface area contributed by atoms with E-state index in [0.717, 1.165) is 24.6 Å². The summed E-state index contributed by atoms with van der Waals surface area (Å²) in [6, 6.07) is 13.5. The van der Waals surface area contributed by atoms with Crippen LogP contribution in [0.2, 0.25) is 5.02 Å². The molecule has 3 aromatic rings. The van der Waals surface area contributed by atoms with Gasteiger partial charge in [-0.05, 0) is 37.5 Å². The van der Waals surface area contributed by atoms with Crippen molar-refractivity contribution >= 4 is 35.1 Å². The molecule has 1 saturated carbocycles. The van der Waals surface area contributed by atoms with Gasteiger partial charge in [-0.15, -0.1) is 10.2 Å². The van der Waals surface area contributed by atoms with Gasteiger partial charge >= 0.3 is 0 Å². The number of Topliss-reactive ketones (excluding diaryl/α,β-unsaturated/α-hetero) is 1. The third kappa shape index (κ3) is 4.04. The zero-order valence-corrected chi connectivity index (χ0v) is 19.1. The van der Waals surface area contributed by atoms with Crippen LogP contribution in [-0.4, -0.2) is 44.2 Å². The third-order valence-corrected chi connectivity index (χ3v) is 7.13. The zero-order chi connectivity index (χ0) is 22.7. The molecular weight excluding hydrogens is 451 g/mol. The maximum atomic E-state index is 14.2. The maximum Gasteiger partial charge on any atom is 0.233 e. The largest absolute Gasteiger partial charge is 0.328 e. The molecule has 1 aliphatic rings. The first kappa shape index (κ1) is 22.5. The van der Waals surface area contributed by atoms with Gasteiger partial charge < -0.3 is 4.90 Å². The van der Waals surface area contributed by atoms with E-state index in [2.05, 4.69) is 10.2 Å². The molecule has 1 atom stereocenters. The predicted octanol–water partition coefficient (Wildman–Crippen LogP) is 4.65. The van der Waals surface area contributed by atoms with Gasteiger partial charge in [0.15, 0.2) is 10.9 Å². The van der Waals surface area contributed by atoms with E-state index in [0.29, 0.717) is 34.3 Å². The van der Waals surface area contributed by atoms with Crippen LogP contribution >= 0.6 is 23.4 Å². The van der Waals surface area contributed by atoms with Gasteiger partial charge in [-0.2, -0.15) is 0 Å². The number of aromatic nitrogens is 3. The Morgan fingerprint density at radius 2 is 1.97 bits per heavy atom. The summed E-state index contributed by atoms with van der Waals surface area (Å²) in [5.41, 5.74) is -0.134. The average molecular weight is 473 g/mol. The number of hydrogen-bond donors (Lipinski definition) is 0. The first-order chi connectivity index (χ1) is 15.4. The van der Waals surface area contributed by atoms with Crippen molar-refractivity contribution < 1.29 is 14.0 Å². The number of rotatable bonds is 6. The van der Waals surface area contributed by atoms with Gasteiger partial charge in [0, 0.05) is 24.1 Å². The molecule has 1 aliphatic carbocycles. The molecule has 1 unspecified atom stereocenters. The first-order valence-electron chi connectivity index (χ1n) is 10.3. The van der Waals surface area contributed by atoms with Crippen LogP contribution in [0.5, 0.6) is 0 Å². The molecule has 1 heterocycles. The van der Waals surface area contributed by atoms with Crippen molar-refractivity contribution in [2.75, 3.05) is 12.8 Å². The lowest BCUT2D eigenvalue weighted by atomic mass is 9.74. The fourth-order valence-electron chi connectivity index (χ4n) is 4.20. The Balaban J connectivity index is 1.58. The highest BCUT2D eigenvalue weighted by molar-refractivity contribution is 7.99. The van der Waals surface area contributed by atoms with Gasteiger partial charge in [-0.1, -0.05) is 53.7 Å². The molecule has 0 aliphatic heterocycles. The second-order valence-corrected chi connectivity index (χ2v) is 9.00. The van der Waals surface area contributed by atoms with Crippen LogP contribution < -0.4 is 0 Å². The summed E-state index contributed by atoms with van der Waals surface area (Å²) in [6.45, 7) is 0. The second kappa shape index (κ2) is 9.42. The number of hydrogen-bond acceptors (Lipinski definition) is 5. The summed E-state index contributed by atoms with van der Waals surface area (Å²) in [4.78, 5) is 28.0. The number of benzene rings is 2. The summed E-state index contributed by atoms with van der Waals surface area (Å²) < 4.78 is 15.7. The second-order valence-electron chi connectivity index (χ2n) is 7.65. The minimum absolute atomic E-state index is 0.00720. The Kier molecular flexibility index (Phi) is 6.62. The molecule has 1 fully saturated rings. The molecule has 0 spiro atoms. The zero-order valence-electron chi connectivity index (χ0n) is 17.5. The van der Waals surface area contributed by atoms with Crippen molar-refractivity contribution in [3.8, 4) is 5.69 Å². The molecule has 2 aromatic carbocycles. The minimum Gasteiger partial charge on any atom is -0.328 e. The number of amides is 1. The van der Waals surface area contributed by atoms with Crippen LogP contribution in [0.1, 0.15) is 31.2 Å². The molecule has 1 amide bonds. The van der Waals surface area contributed by atoms with Crippen molar-refractivity contribution in [3.05, 3.63) is 71.3 Å². The van der Waals surface area contributed by atoms with Crippen molar-refractivity contribution in [1.29, 1.82) is 0 Å². The van der Waals surface area contributed by atoms with Gasteiger partial charge in [-0.3, -0.25) is 14.2 Å². The number of halogens is 2. The lowest BCUT2D eigenvalue weighted by Crippen LogP contribution is -2.54. The summed E-state index contributed by atoms with van der Waals surface area (Å²) in [7, 11) is 1.65. The van der Waals surface area contributed by atoms with Crippen molar-refractivity contribution in [1.82, 2.24) is 19.7 Å². The number of nitrogens with zero attached hydrogens (tertiary/aromatic N) is 4. The number of ketones is 1. The number of likely N-dealkylation sites (N-methyl/N-ethyl adjacent to an activating group) is 1. The Labute approximate surface area is 194 Å². The Morgan fingerprint density at radius 1 is 1.22 bits per heavy atom. The van der Waals surface area contributed by atoms with E-state index >= 15 is 0 Å². The minimum atomic E-state index is -1.09. The van der Waals surface area contributed by atoms with Crippen LogP contribution in [0, 0.1) is 5.82 Å². The quantitative estimate of drug-likeness (QED) is 0.488. The van der Waals surface area contributed by atoms with E-state index in [1.54, 1.807) is 37.4 Å². The van der Waals surface area contributed by atoms with Crippen LogP contribution in [0.15, 0.2) is 60.0 Å². The number of carbonyl (C=O) groups is 2. The highest BCUT2D eigenvalue weighted by Gasteiger charge is 2.47. The Morgan fingerprint density at radius 3 is 2.72 bits per heavy atom. The lowest BCUT2D eigenvalue weighted by molar-refractivity contribution is -0.146. The first-order valence-corrected chi connectivity index (χ1v) is 11.6. The lowest BCUT2D eigenvalue weighted by Gasteiger charge is -2.44. The summed E-state index contributed by atoms with van der Waals surface area (Å²) in [6.07, 6.45) is 3.95. The molecule has 1 aromatic heterocycles. The average Bonchev–Trinajstić information content (AvgIpc) is 3.26. The van der Waals surface area contributed by atoms with Crippen molar-refractivity contribution in [3.63, 3.8) is 0 Å². The number of thioether (sulfide) groups is 1. The molecule has 4 rings (SSSR count). The molecule has 0 radical (unpaired) electrons. The van der Waals surface area contributed by atoms with E-state index in [4.69, 9.17) is 11.6 Å². The van der Waals surface area contributed by atoms with E-state index in [-0.39, 0.29) is 17.4 Å². The van der Waals surface area contributed by atoms with E-state index in [1.807, 2.05) is 12.1 Å².